The van der Waals surface area contributed by atoms with Crippen molar-refractivity contribution in [2.45, 2.75) is 76.7 Å². The van der Waals surface area contributed by atoms with Crippen LogP contribution in [-0.2, 0) is 34.6 Å². The van der Waals surface area contributed by atoms with E-state index >= 15 is 0 Å². The number of fused-ring (bicyclic) bond motifs is 1. The van der Waals surface area contributed by atoms with Crippen LogP contribution in [0.1, 0.15) is 73.7 Å². The van der Waals surface area contributed by atoms with E-state index < -0.39 is 71.6 Å². The second-order valence-electron chi connectivity index (χ2n) is 11.1. The number of hydrogen-bond acceptors (Lipinski definition) is 8. The highest BCUT2D eigenvalue weighted by molar-refractivity contribution is 5.90. The average molecular weight is 724 g/mol. The highest BCUT2D eigenvalue weighted by Gasteiger charge is 2.43. The molecule has 0 aliphatic carbocycles. The van der Waals surface area contributed by atoms with Crippen LogP contribution in [-0.4, -0.2) is 51.4 Å². The number of hydrogen-bond donors (Lipinski definition) is 1. The van der Waals surface area contributed by atoms with Crippen molar-refractivity contribution < 1.29 is 63.7 Å². The standard InChI is InChI=1S/C31H30F9N5O5/c1-3-20-13-23(26-22(45(20)28(48)49-4-2)7-8-24(43-26)31(38,39)40)44(27-41-14-21(15-42-27)50-9-5-6-25(46)47)16-17-10-18(29(32,33)34)12-19(11-17)30(35,36)37/h7-8,10-12,14-15,20,23H,3-6,9,13,16H2,1-2H3,(H,46,47)/t20-,23?/m1/s1. The van der Waals surface area contributed by atoms with Gasteiger partial charge >= 0.3 is 30.6 Å². The third-order valence-corrected chi connectivity index (χ3v) is 7.62. The van der Waals surface area contributed by atoms with E-state index in [0.29, 0.717) is 18.2 Å². The molecule has 3 heterocycles. The molecule has 1 aliphatic rings. The Hall–Kier alpha value is -4.84. The summed E-state index contributed by atoms with van der Waals surface area (Å²) in [6, 6.07) is 0.432. The van der Waals surface area contributed by atoms with Gasteiger partial charge in [-0.1, -0.05) is 6.92 Å². The lowest BCUT2D eigenvalue weighted by Gasteiger charge is -2.43. The Kier molecular flexibility index (Phi) is 11.4. The molecule has 2 atom stereocenters. The van der Waals surface area contributed by atoms with Gasteiger partial charge in [0.2, 0.25) is 5.95 Å². The van der Waals surface area contributed by atoms with Crippen molar-refractivity contribution in [3.05, 3.63) is 70.8 Å². The number of carbonyl (C=O) groups is 2. The first-order valence-corrected chi connectivity index (χ1v) is 15.1. The number of anilines is 2. The van der Waals surface area contributed by atoms with Gasteiger partial charge < -0.3 is 19.5 Å². The number of aromatic nitrogens is 3. The fourth-order valence-electron chi connectivity index (χ4n) is 5.38. The summed E-state index contributed by atoms with van der Waals surface area (Å²) in [5.41, 5.74) is -5.63. The van der Waals surface area contributed by atoms with Gasteiger partial charge in [0.1, 0.15) is 5.69 Å². The number of carboxylic acids is 1. The molecule has 0 radical (unpaired) electrons. The molecule has 4 rings (SSSR count). The number of halogens is 9. The number of pyridine rings is 1. The number of nitrogens with zero attached hydrogens (tertiary/aromatic N) is 5. The molecule has 2 aromatic heterocycles. The maximum absolute atomic E-state index is 13.9. The molecule has 50 heavy (non-hydrogen) atoms. The van der Waals surface area contributed by atoms with Gasteiger partial charge in [0, 0.05) is 19.0 Å². The first-order valence-electron chi connectivity index (χ1n) is 15.1. The van der Waals surface area contributed by atoms with Crippen LogP contribution in [0.25, 0.3) is 0 Å². The summed E-state index contributed by atoms with van der Waals surface area (Å²) in [6.45, 7) is 2.26. The molecular formula is C31H30F9N5O5. The minimum absolute atomic E-state index is 0.0268. The zero-order chi connectivity index (χ0) is 37.0. The van der Waals surface area contributed by atoms with Crippen molar-refractivity contribution >= 4 is 23.7 Å². The second-order valence-corrected chi connectivity index (χ2v) is 11.1. The number of amides is 1. The van der Waals surface area contributed by atoms with Crippen molar-refractivity contribution in [3.8, 4) is 5.75 Å². The third-order valence-electron chi connectivity index (χ3n) is 7.62. The summed E-state index contributed by atoms with van der Waals surface area (Å²) in [6.07, 6.45) is -14.1. The number of carbonyl (C=O) groups excluding carboxylic acids is 1. The van der Waals surface area contributed by atoms with E-state index in [0.717, 1.165) is 28.3 Å². The quantitative estimate of drug-likeness (QED) is 0.155. The lowest BCUT2D eigenvalue weighted by molar-refractivity contribution is -0.143. The summed E-state index contributed by atoms with van der Waals surface area (Å²) >= 11 is 0. The maximum Gasteiger partial charge on any atom is 0.433 e. The predicted octanol–water partition coefficient (Wildman–Crippen LogP) is 8.06. The Morgan fingerprint density at radius 2 is 1.56 bits per heavy atom. The van der Waals surface area contributed by atoms with E-state index in [9.17, 15) is 49.1 Å². The third kappa shape index (κ3) is 9.03. The first-order chi connectivity index (χ1) is 23.3. The Labute approximate surface area is 278 Å². The smallest absolute Gasteiger partial charge is 0.433 e. The Morgan fingerprint density at radius 1 is 0.940 bits per heavy atom. The zero-order valence-electron chi connectivity index (χ0n) is 26.4. The molecule has 10 nitrogen and oxygen atoms in total. The van der Waals surface area contributed by atoms with Gasteiger partial charge in [0.05, 0.1) is 54.2 Å². The molecule has 0 spiro atoms. The SMILES string of the molecule is CCOC(=O)N1c2ccc(C(F)(F)F)nc2C(N(Cc2cc(C(F)(F)F)cc(C(F)(F)F)c2)c2ncc(OCCCC(=O)O)cn2)C[C@H]1CC. The molecule has 19 heteroatoms. The molecular weight excluding hydrogens is 693 g/mol. The van der Waals surface area contributed by atoms with Crippen LogP contribution < -0.4 is 14.5 Å². The summed E-state index contributed by atoms with van der Waals surface area (Å²) in [7, 11) is 0. The Bertz CT molecular complexity index is 1630. The van der Waals surface area contributed by atoms with Crippen LogP contribution in [0.5, 0.6) is 5.75 Å². The number of aliphatic carboxylic acids is 1. The highest BCUT2D eigenvalue weighted by atomic mass is 19.4. The minimum atomic E-state index is -5.19. The van der Waals surface area contributed by atoms with Gasteiger partial charge in [0.25, 0.3) is 0 Å². The Morgan fingerprint density at radius 3 is 2.08 bits per heavy atom. The lowest BCUT2D eigenvalue weighted by Crippen LogP contribution is -2.48. The monoisotopic (exact) mass is 723 g/mol. The number of ether oxygens (including phenoxy) is 2. The number of carboxylic acid groups (broad SMARTS) is 1. The molecule has 0 bridgehead atoms. The minimum Gasteiger partial charge on any atom is -0.490 e. The van der Waals surface area contributed by atoms with Crippen molar-refractivity contribution in [3.63, 3.8) is 0 Å². The van der Waals surface area contributed by atoms with E-state index in [4.69, 9.17) is 14.6 Å². The van der Waals surface area contributed by atoms with E-state index in [-0.39, 0.29) is 68.0 Å². The fourth-order valence-corrected chi connectivity index (χ4v) is 5.38. The Balaban J connectivity index is 1.90. The summed E-state index contributed by atoms with van der Waals surface area (Å²) in [5, 5.41) is 8.81. The number of rotatable bonds is 11. The number of alkyl halides is 9. The molecule has 1 unspecified atom stereocenters. The highest BCUT2D eigenvalue weighted by Crippen LogP contribution is 2.45. The predicted molar refractivity (Wildman–Crippen MR) is 157 cm³/mol. The van der Waals surface area contributed by atoms with Crippen molar-refractivity contribution in [2.24, 2.45) is 0 Å². The molecule has 1 aromatic carbocycles. The maximum atomic E-state index is 13.9. The van der Waals surface area contributed by atoms with Gasteiger partial charge in [-0.15, -0.1) is 0 Å². The van der Waals surface area contributed by atoms with E-state index in [2.05, 4.69) is 15.0 Å². The normalized spacial score (nSPS) is 16.5. The van der Waals surface area contributed by atoms with Crippen LogP contribution >= 0.6 is 0 Å². The zero-order valence-corrected chi connectivity index (χ0v) is 26.4. The molecule has 0 fully saturated rings. The molecule has 1 amide bonds. The number of benzene rings is 1. The topological polar surface area (TPSA) is 118 Å². The van der Waals surface area contributed by atoms with E-state index in [1.54, 1.807) is 6.92 Å². The van der Waals surface area contributed by atoms with Crippen LogP contribution in [0.4, 0.5) is 55.9 Å². The van der Waals surface area contributed by atoms with E-state index in [1.165, 1.54) is 6.92 Å². The second kappa shape index (κ2) is 15.0. The molecule has 0 saturated carbocycles. The first kappa shape index (κ1) is 38.0. The van der Waals surface area contributed by atoms with Gasteiger partial charge in [0.15, 0.2) is 5.75 Å². The van der Waals surface area contributed by atoms with Crippen LogP contribution in [0.3, 0.4) is 0 Å². The van der Waals surface area contributed by atoms with Gasteiger partial charge in [-0.3, -0.25) is 9.69 Å². The van der Waals surface area contributed by atoms with E-state index in [1.807, 2.05) is 0 Å². The molecule has 1 aliphatic heterocycles. The molecule has 1 N–H and O–H groups in total. The molecule has 3 aromatic rings. The lowest BCUT2D eigenvalue weighted by atomic mass is 9.91. The summed E-state index contributed by atoms with van der Waals surface area (Å²) in [4.78, 5) is 38.2. The van der Waals surface area contributed by atoms with Gasteiger partial charge in [-0.25, -0.2) is 19.7 Å². The van der Waals surface area contributed by atoms with Gasteiger partial charge in [-0.2, -0.15) is 39.5 Å². The average Bonchev–Trinajstić information content (AvgIpc) is 3.03. The fraction of sp³-hybridized carbons (Fsp3) is 0.452. The van der Waals surface area contributed by atoms with Crippen molar-refractivity contribution in [2.75, 3.05) is 23.0 Å². The van der Waals surface area contributed by atoms with Crippen LogP contribution in [0.2, 0.25) is 0 Å². The van der Waals surface area contributed by atoms with Crippen molar-refractivity contribution in [1.29, 1.82) is 0 Å². The molecule has 272 valence electrons. The summed E-state index contributed by atoms with van der Waals surface area (Å²) < 4.78 is 135. The summed E-state index contributed by atoms with van der Waals surface area (Å²) in [5.74, 6) is -1.37. The largest absolute Gasteiger partial charge is 0.490 e. The van der Waals surface area contributed by atoms with Crippen LogP contribution in [0, 0.1) is 0 Å². The molecule has 0 saturated heterocycles. The van der Waals surface area contributed by atoms with Crippen LogP contribution in [0.15, 0.2) is 42.7 Å². The van der Waals surface area contributed by atoms with Gasteiger partial charge in [-0.05, 0) is 62.1 Å². The van der Waals surface area contributed by atoms with Crippen molar-refractivity contribution in [1.82, 2.24) is 15.0 Å².